The van der Waals surface area contributed by atoms with Crippen molar-refractivity contribution in [1.82, 2.24) is 9.71 Å². The number of benzene rings is 2. The summed E-state index contributed by atoms with van der Waals surface area (Å²) >= 11 is 1.25. The van der Waals surface area contributed by atoms with Gasteiger partial charge in [-0.3, -0.25) is 9.78 Å². The largest absolute Gasteiger partial charge is 0.421 e. The summed E-state index contributed by atoms with van der Waals surface area (Å²) < 4.78 is 0.0442. The minimum atomic E-state index is -0.851. The van der Waals surface area contributed by atoms with Crippen LogP contribution in [0, 0.1) is 0 Å². The molecule has 0 aliphatic rings. The molecule has 0 saturated heterocycles. The second kappa shape index (κ2) is 5.95. The average molecular weight is 312 g/mol. The summed E-state index contributed by atoms with van der Waals surface area (Å²) in [5, 5.41) is 9.49. The highest BCUT2D eigenvalue weighted by atomic mass is 32.2. The van der Waals surface area contributed by atoms with Crippen LogP contribution in [-0.2, 0) is 0 Å². The van der Waals surface area contributed by atoms with Gasteiger partial charge in [-0.05, 0) is 23.3 Å². The summed E-state index contributed by atoms with van der Waals surface area (Å²) in [6.45, 7) is 0. The lowest BCUT2D eigenvalue weighted by atomic mass is 10.1. The maximum atomic E-state index is 11.4. The molecule has 22 heavy (non-hydrogen) atoms. The zero-order valence-electron chi connectivity index (χ0n) is 11.4. The lowest BCUT2D eigenvalue weighted by Crippen LogP contribution is -2.32. The van der Waals surface area contributed by atoms with Gasteiger partial charge in [-0.2, -0.15) is 0 Å². The Morgan fingerprint density at radius 1 is 0.909 bits per heavy atom. The summed E-state index contributed by atoms with van der Waals surface area (Å²) in [6, 6.07) is 18.9. The standard InChI is InChI=1S/C16H12N2O3S/c19-15-10-14(17-16(20)18(15)21)22-13-8-6-12(7-9-13)11-4-2-1-3-5-11/h1-10,21H,(H,17,20). The van der Waals surface area contributed by atoms with E-state index in [1.807, 2.05) is 54.6 Å². The minimum absolute atomic E-state index is 0.0442. The van der Waals surface area contributed by atoms with Crippen molar-refractivity contribution in [3.8, 4) is 11.1 Å². The Labute approximate surface area is 129 Å². The van der Waals surface area contributed by atoms with Crippen LogP contribution in [0.5, 0.6) is 0 Å². The lowest BCUT2D eigenvalue weighted by Gasteiger charge is -2.04. The van der Waals surface area contributed by atoms with Crippen molar-refractivity contribution in [2.24, 2.45) is 0 Å². The van der Waals surface area contributed by atoms with Crippen LogP contribution in [0.25, 0.3) is 11.1 Å². The van der Waals surface area contributed by atoms with E-state index in [1.54, 1.807) is 0 Å². The van der Waals surface area contributed by atoms with E-state index in [0.29, 0.717) is 5.03 Å². The number of H-pyrrole nitrogens is 1. The summed E-state index contributed by atoms with van der Waals surface area (Å²) in [7, 11) is 0. The quantitative estimate of drug-likeness (QED) is 0.576. The van der Waals surface area contributed by atoms with Gasteiger partial charge in [0.1, 0.15) is 0 Å². The molecule has 5 nitrogen and oxygen atoms in total. The van der Waals surface area contributed by atoms with Crippen LogP contribution in [0.2, 0.25) is 0 Å². The van der Waals surface area contributed by atoms with Gasteiger partial charge in [-0.15, -0.1) is 0 Å². The fourth-order valence-corrected chi connectivity index (χ4v) is 2.82. The Balaban J connectivity index is 1.85. The van der Waals surface area contributed by atoms with Gasteiger partial charge in [0.2, 0.25) is 0 Å². The van der Waals surface area contributed by atoms with Crippen LogP contribution in [0.15, 0.2) is 80.2 Å². The molecule has 0 spiro atoms. The molecule has 1 aromatic heterocycles. The summed E-state index contributed by atoms with van der Waals surface area (Å²) in [5.41, 5.74) is 0.600. The zero-order valence-corrected chi connectivity index (χ0v) is 12.2. The normalized spacial score (nSPS) is 10.5. The highest BCUT2D eigenvalue weighted by molar-refractivity contribution is 7.99. The van der Waals surface area contributed by atoms with E-state index < -0.39 is 11.2 Å². The third kappa shape index (κ3) is 2.96. The first kappa shape index (κ1) is 14.2. The topological polar surface area (TPSA) is 75.1 Å². The van der Waals surface area contributed by atoms with Gasteiger partial charge in [0.05, 0.1) is 5.03 Å². The van der Waals surface area contributed by atoms with E-state index in [9.17, 15) is 9.59 Å². The maximum absolute atomic E-state index is 11.4. The summed E-state index contributed by atoms with van der Waals surface area (Å²) in [5.74, 6) is 0. The first-order chi connectivity index (χ1) is 10.6. The first-order valence-electron chi connectivity index (χ1n) is 6.52. The van der Waals surface area contributed by atoms with E-state index in [2.05, 4.69) is 4.98 Å². The number of nitrogens with one attached hydrogen (secondary N) is 1. The Morgan fingerprint density at radius 2 is 1.55 bits per heavy atom. The maximum Gasteiger partial charge on any atom is 0.362 e. The second-order valence-electron chi connectivity index (χ2n) is 4.58. The first-order valence-corrected chi connectivity index (χ1v) is 7.34. The molecule has 0 atom stereocenters. The van der Waals surface area contributed by atoms with E-state index >= 15 is 0 Å². The second-order valence-corrected chi connectivity index (χ2v) is 5.70. The average Bonchev–Trinajstić information content (AvgIpc) is 2.54. The number of nitrogens with zero attached hydrogens (tertiary/aromatic N) is 1. The molecule has 0 unspecified atom stereocenters. The fourth-order valence-electron chi connectivity index (χ4n) is 2.00. The van der Waals surface area contributed by atoms with Crippen LogP contribution in [-0.4, -0.2) is 14.9 Å². The molecule has 3 rings (SSSR count). The Morgan fingerprint density at radius 3 is 2.18 bits per heavy atom. The number of aromatic amines is 1. The Hall–Kier alpha value is -2.73. The van der Waals surface area contributed by atoms with Crippen molar-refractivity contribution in [2.75, 3.05) is 0 Å². The molecular formula is C16H12N2O3S. The van der Waals surface area contributed by atoms with Gasteiger partial charge in [-0.1, -0.05) is 59.0 Å². The fraction of sp³-hybridized carbons (Fsp3) is 0. The van der Waals surface area contributed by atoms with E-state index in [0.717, 1.165) is 16.0 Å². The molecular weight excluding hydrogens is 300 g/mol. The van der Waals surface area contributed by atoms with Crippen molar-refractivity contribution >= 4 is 11.8 Å². The Bertz CT molecular complexity index is 868. The molecule has 0 fully saturated rings. The predicted molar refractivity (Wildman–Crippen MR) is 84.5 cm³/mol. The molecule has 0 radical (unpaired) electrons. The summed E-state index contributed by atoms with van der Waals surface area (Å²) in [6.07, 6.45) is 0. The molecule has 2 N–H and O–H groups in total. The van der Waals surface area contributed by atoms with E-state index in [1.165, 1.54) is 17.8 Å². The molecule has 3 aromatic rings. The van der Waals surface area contributed by atoms with Crippen molar-refractivity contribution < 1.29 is 5.21 Å². The van der Waals surface area contributed by atoms with Gasteiger partial charge in [0.25, 0.3) is 5.56 Å². The number of hydrogen-bond donors (Lipinski definition) is 2. The van der Waals surface area contributed by atoms with Crippen LogP contribution >= 0.6 is 11.8 Å². The molecule has 0 bridgehead atoms. The highest BCUT2D eigenvalue weighted by Gasteiger charge is 2.05. The highest BCUT2D eigenvalue weighted by Crippen LogP contribution is 2.27. The van der Waals surface area contributed by atoms with Gasteiger partial charge in [0, 0.05) is 11.0 Å². The van der Waals surface area contributed by atoms with Gasteiger partial charge in [0.15, 0.2) is 0 Å². The summed E-state index contributed by atoms with van der Waals surface area (Å²) in [4.78, 5) is 26.0. The molecule has 0 aliphatic carbocycles. The third-order valence-corrected chi connectivity index (χ3v) is 4.02. The number of hydrogen-bond acceptors (Lipinski definition) is 4. The monoisotopic (exact) mass is 312 g/mol. The molecule has 0 amide bonds. The third-order valence-electron chi connectivity index (χ3n) is 3.08. The SMILES string of the molecule is O=c1cc(Sc2ccc(-c3ccccc3)cc2)[nH]c(=O)n1O. The van der Waals surface area contributed by atoms with Crippen molar-refractivity contribution in [2.45, 2.75) is 9.92 Å². The van der Waals surface area contributed by atoms with Crippen molar-refractivity contribution in [1.29, 1.82) is 0 Å². The zero-order chi connectivity index (χ0) is 15.5. The Kier molecular flexibility index (Phi) is 3.84. The van der Waals surface area contributed by atoms with Gasteiger partial charge in [-0.25, -0.2) is 4.79 Å². The molecule has 1 heterocycles. The smallest absolute Gasteiger partial charge is 0.362 e. The minimum Gasteiger partial charge on any atom is -0.421 e. The van der Waals surface area contributed by atoms with Crippen LogP contribution in [0.4, 0.5) is 0 Å². The molecule has 0 saturated carbocycles. The van der Waals surface area contributed by atoms with Crippen molar-refractivity contribution in [3.63, 3.8) is 0 Å². The van der Waals surface area contributed by atoms with E-state index in [4.69, 9.17) is 5.21 Å². The van der Waals surface area contributed by atoms with Crippen LogP contribution < -0.4 is 11.2 Å². The van der Waals surface area contributed by atoms with E-state index in [-0.39, 0.29) is 4.73 Å². The molecule has 2 aromatic carbocycles. The number of aromatic nitrogens is 2. The molecule has 110 valence electrons. The van der Waals surface area contributed by atoms with Crippen molar-refractivity contribution in [3.05, 3.63) is 81.5 Å². The molecule has 0 aliphatic heterocycles. The van der Waals surface area contributed by atoms with Gasteiger partial charge >= 0.3 is 5.69 Å². The van der Waals surface area contributed by atoms with Crippen LogP contribution in [0.3, 0.4) is 0 Å². The number of rotatable bonds is 3. The van der Waals surface area contributed by atoms with Crippen LogP contribution in [0.1, 0.15) is 0 Å². The predicted octanol–water partition coefficient (Wildman–Crippen LogP) is 2.59. The van der Waals surface area contributed by atoms with Gasteiger partial charge < -0.3 is 5.21 Å². The molecule has 6 heteroatoms. The lowest BCUT2D eigenvalue weighted by molar-refractivity contribution is 0.159.